The van der Waals surface area contributed by atoms with E-state index in [1.165, 1.54) is 16.8 Å². The minimum atomic E-state index is -3.76. The average Bonchev–Trinajstić information content (AvgIpc) is 3.15. The number of hydrogen-bond acceptors (Lipinski definition) is 4. The molecule has 2 heterocycles. The van der Waals surface area contributed by atoms with Crippen LogP contribution in [-0.2, 0) is 16.6 Å². The molecule has 0 fully saturated rings. The highest BCUT2D eigenvalue weighted by Gasteiger charge is 2.25. The monoisotopic (exact) mass is 364 g/mol. The molecular weight excluding hydrogens is 348 g/mol. The number of aromatic nitrogens is 3. The number of fused-ring (bicyclic) bond motifs is 1. The van der Waals surface area contributed by atoms with Gasteiger partial charge in [0, 0.05) is 6.20 Å². The Morgan fingerprint density at radius 2 is 1.58 bits per heavy atom. The molecular formula is C19H16N4O2S. The van der Waals surface area contributed by atoms with Gasteiger partial charge in [-0.05, 0) is 29.8 Å². The zero-order valence-electron chi connectivity index (χ0n) is 13.8. The second-order valence-electron chi connectivity index (χ2n) is 5.79. The van der Waals surface area contributed by atoms with Crippen LogP contribution >= 0.6 is 0 Å². The highest BCUT2D eigenvalue weighted by Crippen LogP contribution is 2.25. The number of pyridine rings is 1. The summed E-state index contributed by atoms with van der Waals surface area (Å²) in [6.07, 6.45) is 3.02. The van der Waals surface area contributed by atoms with E-state index in [2.05, 4.69) is 10.2 Å². The van der Waals surface area contributed by atoms with Crippen LogP contribution in [0.1, 0.15) is 5.56 Å². The fourth-order valence-corrected chi connectivity index (χ4v) is 4.20. The molecule has 0 aliphatic heterocycles. The molecule has 26 heavy (non-hydrogen) atoms. The van der Waals surface area contributed by atoms with Gasteiger partial charge in [0.25, 0.3) is 10.0 Å². The van der Waals surface area contributed by atoms with E-state index in [1.807, 2.05) is 48.5 Å². The van der Waals surface area contributed by atoms with E-state index >= 15 is 0 Å². The summed E-state index contributed by atoms with van der Waals surface area (Å²) in [7, 11) is -3.76. The molecule has 0 amide bonds. The molecule has 0 aliphatic carbocycles. The van der Waals surface area contributed by atoms with E-state index in [4.69, 9.17) is 0 Å². The lowest BCUT2D eigenvalue weighted by atomic mass is 10.2. The lowest BCUT2D eigenvalue weighted by Gasteiger charge is -2.24. The van der Waals surface area contributed by atoms with Crippen LogP contribution in [0.5, 0.6) is 0 Å². The predicted octanol–water partition coefficient (Wildman–Crippen LogP) is 3.12. The second kappa shape index (κ2) is 6.61. The summed E-state index contributed by atoms with van der Waals surface area (Å²) in [6, 6.07) is 21.8. The predicted molar refractivity (Wildman–Crippen MR) is 99.2 cm³/mol. The molecule has 4 aromatic rings. The van der Waals surface area contributed by atoms with Gasteiger partial charge in [0.2, 0.25) is 0 Å². The van der Waals surface area contributed by atoms with Crippen LogP contribution in [-0.4, -0.2) is 23.0 Å². The summed E-state index contributed by atoms with van der Waals surface area (Å²) in [6.45, 7) is 0.243. The number of anilines is 1. The summed E-state index contributed by atoms with van der Waals surface area (Å²) in [5, 5.41) is 7.72. The largest absolute Gasteiger partial charge is 0.288 e. The number of rotatable bonds is 5. The standard InChI is InChI=1S/C19H16N4O2S/c24-26(25,18-11-12-19-21-20-15-22(19)14-18)23(17-9-5-2-6-10-17)13-16-7-3-1-4-8-16/h1-12,14-15H,13H2. The normalized spacial score (nSPS) is 11.5. The van der Waals surface area contributed by atoms with Gasteiger partial charge in [-0.3, -0.25) is 8.71 Å². The zero-order chi connectivity index (χ0) is 18.0. The van der Waals surface area contributed by atoms with Gasteiger partial charge in [-0.15, -0.1) is 10.2 Å². The van der Waals surface area contributed by atoms with Crippen molar-refractivity contribution in [3.8, 4) is 0 Å². The van der Waals surface area contributed by atoms with Crippen molar-refractivity contribution in [2.24, 2.45) is 0 Å². The summed E-state index contributed by atoms with van der Waals surface area (Å²) in [5.41, 5.74) is 2.11. The van der Waals surface area contributed by atoms with E-state index < -0.39 is 10.0 Å². The molecule has 0 N–H and O–H groups in total. The first kappa shape index (κ1) is 16.3. The third kappa shape index (κ3) is 3.04. The highest BCUT2D eigenvalue weighted by molar-refractivity contribution is 7.92. The molecule has 2 aromatic heterocycles. The van der Waals surface area contributed by atoms with Gasteiger partial charge in [0.15, 0.2) is 5.65 Å². The molecule has 2 aromatic carbocycles. The van der Waals surface area contributed by atoms with E-state index in [9.17, 15) is 8.42 Å². The Balaban J connectivity index is 1.81. The van der Waals surface area contributed by atoms with Crippen molar-refractivity contribution in [1.29, 1.82) is 0 Å². The van der Waals surface area contributed by atoms with Crippen LogP contribution in [0, 0.1) is 0 Å². The van der Waals surface area contributed by atoms with Crippen LogP contribution in [0.3, 0.4) is 0 Å². The Hall–Kier alpha value is -3.19. The zero-order valence-corrected chi connectivity index (χ0v) is 14.6. The van der Waals surface area contributed by atoms with E-state index in [-0.39, 0.29) is 11.4 Å². The number of sulfonamides is 1. The molecule has 0 radical (unpaired) electrons. The smallest absolute Gasteiger partial charge is 0.266 e. The summed E-state index contributed by atoms with van der Waals surface area (Å²) < 4.78 is 29.8. The fraction of sp³-hybridized carbons (Fsp3) is 0.0526. The van der Waals surface area contributed by atoms with E-state index in [0.717, 1.165) is 5.56 Å². The number of nitrogens with zero attached hydrogens (tertiary/aromatic N) is 4. The van der Waals surface area contributed by atoms with E-state index in [1.54, 1.807) is 28.7 Å². The third-order valence-corrected chi connectivity index (χ3v) is 5.82. The molecule has 0 unspecified atom stereocenters. The molecule has 0 saturated heterocycles. The maximum Gasteiger partial charge on any atom is 0.266 e. The number of hydrogen-bond donors (Lipinski definition) is 0. The van der Waals surface area contributed by atoms with Gasteiger partial charge in [-0.25, -0.2) is 8.42 Å². The first-order valence-corrected chi connectivity index (χ1v) is 9.50. The van der Waals surface area contributed by atoms with Crippen LogP contribution in [0.25, 0.3) is 5.65 Å². The van der Waals surface area contributed by atoms with Crippen LogP contribution in [0.2, 0.25) is 0 Å². The first-order chi connectivity index (χ1) is 12.6. The minimum absolute atomic E-state index is 0.185. The van der Waals surface area contributed by atoms with Crippen LogP contribution in [0.15, 0.2) is 90.2 Å². The van der Waals surface area contributed by atoms with Crippen molar-refractivity contribution in [3.63, 3.8) is 0 Å². The van der Waals surface area contributed by atoms with E-state index in [0.29, 0.717) is 11.3 Å². The topological polar surface area (TPSA) is 67.6 Å². The molecule has 0 atom stereocenters. The Morgan fingerprint density at radius 3 is 2.31 bits per heavy atom. The molecule has 0 bridgehead atoms. The Labute approximate surface area is 151 Å². The summed E-state index contributed by atoms with van der Waals surface area (Å²) >= 11 is 0. The number of para-hydroxylation sites is 1. The molecule has 6 nitrogen and oxygen atoms in total. The first-order valence-electron chi connectivity index (χ1n) is 8.06. The van der Waals surface area contributed by atoms with Crippen LogP contribution in [0.4, 0.5) is 5.69 Å². The average molecular weight is 364 g/mol. The summed E-state index contributed by atoms with van der Waals surface area (Å²) in [5.74, 6) is 0. The van der Waals surface area contributed by atoms with Crippen molar-refractivity contribution in [1.82, 2.24) is 14.6 Å². The third-order valence-electron chi connectivity index (χ3n) is 4.06. The lowest BCUT2D eigenvalue weighted by molar-refractivity contribution is 0.590. The maximum absolute atomic E-state index is 13.4. The van der Waals surface area contributed by atoms with Crippen LogP contribution < -0.4 is 4.31 Å². The van der Waals surface area contributed by atoms with Gasteiger partial charge < -0.3 is 0 Å². The maximum atomic E-state index is 13.4. The lowest BCUT2D eigenvalue weighted by Crippen LogP contribution is -2.30. The molecule has 130 valence electrons. The SMILES string of the molecule is O=S(=O)(c1ccc2nncn2c1)N(Cc1ccccc1)c1ccccc1. The molecule has 4 rings (SSSR count). The van der Waals surface area contributed by atoms with Gasteiger partial charge >= 0.3 is 0 Å². The fourth-order valence-electron chi connectivity index (χ4n) is 2.75. The van der Waals surface area contributed by atoms with Gasteiger partial charge in [0.05, 0.1) is 12.2 Å². The highest BCUT2D eigenvalue weighted by atomic mass is 32.2. The van der Waals surface area contributed by atoms with Crippen molar-refractivity contribution in [3.05, 3.63) is 90.9 Å². The number of benzene rings is 2. The molecule has 0 aliphatic rings. The minimum Gasteiger partial charge on any atom is -0.288 e. The van der Waals surface area contributed by atoms with Crippen molar-refractivity contribution in [2.45, 2.75) is 11.4 Å². The van der Waals surface area contributed by atoms with Crippen molar-refractivity contribution >= 4 is 21.4 Å². The Morgan fingerprint density at radius 1 is 0.885 bits per heavy atom. The molecule has 7 heteroatoms. The Kier molecular flexibility index (Phi) is 4.14. The van der Waals surface area contributed by atoms with Crippen molar-refractivity contribution in [2.75, 3.05) is 4.31 Å². The van der Waals surface area contributed by atoms with Crippen molar-refractivity contribution < 1.29 is 8.42 Å². The quantitative estimate of drug-likeness (QED) is 0.546. The summed E-state index contributed by atoms with van der Waals surface area (Å²) in [4.78, 5) is 0.185. The van der Waals surface area contributed by atoms with Gasteiger partial charge in [-0.2, -0.15) is 0 Å². The molecule has 0 spiro atoms. The Bertz CT molecular complexity index is 1130. The second-order valence-corrected chi connectivity index (χ2v) is 7.66. The van der Waals surface area contributed by atoms with Gasteiger partial charge in [-0.1, -0.05) is 48.5 Å². The van der Waals surface area contributed by atoms with Gasteiger partial charge in [0.1, 0.15) is 11.2 Å². The molecule has 0 saturated carbocycles.